The SMILES string of the molecule is CCNC(=NCC1COc2ccccc2O1)NCCCN1CCC(O)CC1. The molecule has 2 aliphatic heterocycles. The number of para-hydroxylation sites is 2. The average molecular weight is 377 g/mol. The molecule has 0 aliphatic carbocycles. The van der Waals surface area contributed by atoms with Gasteiger partial charge in [0, 0.05) is 26.2 Å². The number of ether oxygens (including phenoxy) is 2. The van der Waals surface area contributed by atoms with Crippen LogP contribution in [0, 0.1) is 0 Å². The van der Waals surface area contributed by atoms with Crippen LogP contribution < -0.4 is 20.1 Å². The predicted octanol–water partition coefficient (Wildman–Crippen LogP) is 1.23. The number of benzene rings is 1. The van der Waals surface area contributed by atoms with E-state index >= 15 is 0 Å². The summed E-state index contributed by atoms with van der Waals surface area (Å²) in [6, 6.07) is 7.74. The van der Waals surface area contributed by atoms with E-state index in [0.29, 0.717) is 13.2 Å². The van der Waals surface area contributed by atoms with Crippen LogP contribution in [-0.4, -0.2) is 74.0 Å². The number of rotatable bonds is 7. The molecule has 0 amide bonds. The first-order chi connectivity index (χ1) is 13.2. The molecule has 1 atom stereocenters. The maximum atomic E-state index is 9.57. The summed E-state index contributed by atoms with van der Waals surface area (Å²) in [5, 5.41) is 16.2. The molecule has 27 heavy (non-hydrogen) atoms. The number of hydrogen-bond acceptors (Lipinski definition) is 5. The highest BCUT2D eigenvalue weighted by molar-refractivity contribution is 5.79. The fourth-order valence-corrected chi connectivity index (χ4v) is 3.34. The number of aliphatic hydroxyl groups excluding tert-OH is 1. The van der Waals surface area contributed by atoms with E-state index in [1.54, 1.807) is 0 Å². The van der Waals surface area contributed by atoms with Gasteiger partial charge in [0.2, 0.25) is 0 Å². The molecule has 1 unspecified atom stereocenters. The van der Waals surface area contributed by atoms with Crippen LogP contribution in [0.1, 0.15) is 26.2 Å². The van der Waals surface area contributed by atoms with Gasteiger partial charge >= 0.3 is 0 Å². The zero-order valence-corrected chi connectivity index (χ0v) is 16.2. The molecule has 0 spiro atoms. The fourth-order valence-electron chi connectivity index (χ4n) is 3.34. The summed E-state index contributed by atoms with van der Waals surface area (Å²) in [6.07, 6.45) is 2.66. The van der Waals surface area contributed by atoms with Crippen molar-refractivity contribution in [2.24, 2.45) is 4.99 Å². The Labute approximate surface area is 161 Å². The van der Waals surface area contributed by atoms with Gasteiger partial charge in [-0.15, -0.1) is 0 Å². The smallest absolute Gasteiger partial charge is 0.191 e. The first kappa shape index (κ1) is 19.8. The molecule has 1 aromatic carbocycles. The van der Waals surface area contributed by atoms with Crippen molar-refractivity contribution >= 4 is 5.96 Å². The Morgan fingerprint density at radius 1 is 1.22 bits per heavy atom. The second kappa shape index (κ2) is 10.4. The van der Waals surface area contributed by atoms with E-state index in [0.717, 1.165) is 69.4 Å². The van der Waals surface area contributed by atoms with Crippen LogP contribution in [0.15, 0.2) is 29.3 Å². The van der Waals surface area contributed by atoms with E-state index in [1.807, 2.05) is 24.3 Å². The number of hydrogen-bond donors (Lipinski definition) is 3. The molecule has 2 heterocycles. The number of fused-ring (bicyclic) bond motifs is 1. The van der Waals surface area contributed by atoms with E-state index in [9.17, 15) is 5.11 Å². The molecule has 0 bridgehead atoms. The third-order valence-corrected chi connectivity index (χ3v) is 4.87. The van der Waals surface area contributed by atoms with Crippen molar-refractivity contribution in [3.8, 4) is 11.5 Å². The Kier molecular flexibility index (Phi) is 7.59. The molecule has 0 saturated carbocycles. The second-order valence-electron chi connectivity index (χ2n) is 7.07. The Hall–Kier alpha value is -1.99. The number of nitrogens with zero attached hydrogens (tertiary/aromatic N) is 2. The minimum absolute atomic E-state index is 0.0740. The number of piperidine rings is 1. The van der Waals surface area contributed by atoms with Crippen molar-refractivity contribution < 1.29 is 14.6 Å². The van der Waals surface area contributed by atoms with Crippen LogP contribution in [0.25, 0.3) is 0 Å². The van der Waals surface area contributed by atoms with Gasteiger partial charge < -0.3 is 30.1 Å². The monoisotopic (exact) mass is 376 g/mol. The van der Waals surface area contributed by atoms with Crippen molar-refractivity contribution in [3.05, 3.63) is 24.3 Å². The van der Waals surface area contributed by atoms with E-state index in [-0.39, 0.29) is 12.2 Å². The summed E-state index contributed by atoms with van der Waals surface area (Å²) >= 11 is 0. The van der Waals surface area contributed by atoms with Gasteiger partial charge in [-0.25, -0.2) is 4.99 Å². The predicted molar refractivity (Wildman–Crippen MR) is 107 cm³/mol. The molecule has 3 rings (SSSR count). The molecule has 150 valence electrons. The molecular weight excluding hydrogens is 344 g/mol. The van der Waals surface area contributed by atoms with Gasteiger partial charge in [0.25, 0.3) is 0 Å². The molecule has 1 fully saturated rings. The van der Waals surface area contributed by atoms with Crippen molar-refractivity contribution in [2.75, 3.05) is 45.9 Å². The van der Waals surface area contributed by atoms with Gasteiger partial charge in [0.1, 0.15) is 6.61 Å². The van der Waals surface area contributed by atoms with Crippen LogP contribution in [0.3, 0.4) is 0 Å². The van der Waals surface area contributed by atoms with E-state index < -0.39 is 0 Å². The van der Waals surface area contributed by atoms with Gasteiger partial charge in [-0.1, -0.05) is 12.1 Å². The molecule has 1 saturated heterocycles. The maximum Gasteiger partial charge on any atom is 0.191 e. The molecule has 0 radical (unpaired) electrons. The molecule has 2 aliphatic rings. The zero-order valence-electron chi connectivity index (χ0n) is 16.2. The van der Waals surface area contributed by atoms with Crippen molar-refractivity contribution in [1.29, 1.82) is 0 Å². The van der Waals surface area contributed by atoms with E-state index in [2.05, 4.69) is 27.4 Å². The van der Waals surface area contributed by atoms with Crippen molar-refractivity contribution in [1.82, 2.24) is 15.5 Å². The molecule has 7 heteroatoms. The molecule has 3 N–H and O–H groups in total. The summed E-state index contributed by atoms with van der Waals surface area (Å²) in [5.74, 6) is 2.40. The minimum atomic E-state index is -0.107. The van der Waals surface area contributed by atoms with E-state index in [4.69, 9.17) is 9.47 Å². The number of guanidine groups is 1. The van der Waals surface area contributed by atoms with Crippen LogP contribution >= 0.6 is 0 Å². The van der Waals surface area contributed by atoms with Gasteiger partial charge in [0.05, 0.1) is 12.6 Å². The summed E-state index contributed by atoms with van der Waals surface area (Å²) in [6.45, 7) is 7.86. The van der Waals surface area contributed by atoms with Gasteiger partial charge in [0.15, 0.2) is 23.6 Å². The highest BCUT2D eigenvalue weighted by Crippen LogP contribution is 2.30. The Bertz CT molecular complexity index is 603. The zero-order chi connectivity index (χ0) is 18.9. The van der Waals surface area contributed by atoms with Gasteiger partial charge in [-0.05, 0) is 44.9 Å². The quantitative estimate of drug-likeness (QED) is 0.377. The minimum Gasteiger partial charge on any atom is -0.486 e. The summed E-state index contributed by atoms with van der Waals surface area (Å²) < 4.78 is 11.7. The highest BCUT2D eigenvalue weighted by atomic mass is 16.6. The average Bonchev–Trinajstić information content (AvgIpc) is 2.70. The van der Waals surface area contributed by atoms with Crippen LogP contribution in [0.5, 0.6) is 11.5 Å². The number of aliphatic imine (C=N–C) groups is 1. The van der Waals surface area contributed by atoms with Crippen LogP contribution in [-0.2, 0) is 0 Å². The standard InChI is InChI=1S/C20H32N4O3/c1-2-21-20(22-10-5-11-24-12-8-16(25)9-13-24)23-14-17-15-26-18-6-3-4-7-19(18)27-17/h3-4,6-7,16-17,25H,2,5,8-15H2,1H3,(H2,21,22,23). The summed E-state index contributed by atoms with van der Waals surface area (Å²) in [5.41, 5.74) is 0. The normalized spacial score (nSPS) is 21.1. The maximum absolute atomic E-state index is 9.57. The highest BCUT2D eigenvalue weighted by Gasteiger charge is 2.20. The van der Waals surface area contributed by atoms with Crippen LogP contribution in [0.2, 0.25) is 0 Å². The third-order valence-electron chi connectivity index (χ3n) is 4.87. The molecule has 0 aromatic heterocycles. The van der Waals surface area contributed by atoms with Crippen molar-refractivity contribution in [2.45, 2.75) is 38.4 Å². The fraction of sp³-hybridized carbons (Fsp3) is 0.650. The second-order valence-corrected chi connectivity index (χ2v) is 7.07. The lowest BCUT2D eigenvalue weighted by molar-refractivity contribution is 0.0822. The lowest BCUT2D eigenvalue weighted by atomic mass is 10.1. The summed E-state index contributed by atoms with van der Waals surface area (Å²) in [4.78, 5) is 7.07. The van der Waals surface area contributed by atoms with Gasteiger partial charge in [-0.3, -0.25) is 0 Å². The van der Waals surface area contributed by atoms with Crippen LogP contribution in [0.4, 0.5) is 0 Å². The largest absolute Gasteiger partial charge is 0.486 e. The topological polar surface area (TPSA) is 78.4 Å². The summed E-state index contributed by atoms with van der Waals surface area (Å²) in [7, 11) is 0. The lowest BCUT2D eigenvalue weighted by Gasteiger charge is -2.29. The third kappa shape index (κ3) is 6.29. The molecule has 7 nitrogen and oxygen atoms in total. The Morgan fingerprint density at radius 2 is 2.00 bits per heavy atom. The number of likely N-dealkylation sites (tertiary alicyclic amines) is 1. The van der Waals surface area contributed by atoms with E-state index in [1.165, 1.54) is 0 Å². The number of nitrogens with one attached hydrogen (secondary N) is 2. The lowest BCUT2D eigenvalue weighted by Crippen LogP contribution is -2.41. The van der Waals surface area contributed by atoms with Gasteiger partial charge in [-0.2, -0.15) is 0 Å². The molecule has 1 aromatic rings. The first-order valence-electron chi connectivity index (χ1n) is 10.1. The Balaban J connectivity index is 1.39. The van der Waals surface area contributed by atoms with Crippen molar-refractivity contribution in [3.63, 3.8) is 0 Å². The first-order valence-corrected chi connectivity index (χ1v) is 10.1. The molecular formula is C20H32N4O3. The Morgan fingerprint density at radius 3 is 2.78 bits per heavy atom. The number of aliphatic hydroxyl groups is 1.